The zero-order chi connectivity index (χ0) is 21.0. The summed E-state index contributed by atoms with van der Waals surface area (Å²) in [6.45, 7) is 6.67. The first-order chi connectivity index (χ1) is 13.8. The van der Waals surface area contributed by atoms with Crippen molar-refractivity contribution in [1.82, 2.24) is 0 Å². The van der Waals surface area contributed by atoms with Crippen LogP contribution in [-0.4, -0.2) is 32.7 Å². The maximum Gasteiger partial charge on any atom is 0.258 e. The average Bonchev–Trinajstić information content (AvgIpc) is 3.01. The first kappa shape index (κ1) is 21.1. The van der Waals surface area contributed by atoms with Gasteiger partial charge in [-0.3, -0.25) is 4.79 Å². The summed E-state index contributed by atoms with van der Waals surface area (Å²) in [5.74, 6) is 0.377. The van der Waals surface area contributed by atoms with Crippen molar-refractivity contribution in [2.24, 2.45) is 0 Å². The monoisotopic (exact) mass is 413 g/mol. The van der Waals surface area contributed by atoms with E-state index in [4.69, 9.17) is 4.74 Å². The Hall–Kier alpha value is -2.60. The van der Waals surface area contributed by atoms with Gasteiger partial charge in [-0.15, -0.1) is 0 Å². The van der Waals surface area contributed by atoms with Crippen LogP contribution in [0.2, 0.25) is 0 Å². The molecule has 0 radical (unpaired) electrons. The highest BCUT2D eigenvalue weighted by molar-refractivity contribution is 7.94. The Bertz CT molecular complexity index is 989. The average molecular weight is 414 g/mol. The van der Waals surface area contributed by atoms with Gasteiger partial charge >= 0.3 is 0 Å². The van der Waals surface area contributed by atoms with Gasteiger partial charge in [0.2, 0.25) is 0 Å². The van der Waals surface area contributed by atoms with Gasteiger partial charge in [0, 0.05) is 16.7 Å². The lowest BCUT2D eigenvalue weighted by Gasteiger charge is -2.28. The second-order valence-corrected chi connectivity index (χ2v) is 9.40. The number of sulfone groups is 1. The van der Waals surface area contributed by atoms with E-state index in [0.717, 1.165) is 29.7 Å². The number of hydrogen-bond donors (Lipinski definition) is 0. The van der Waals surface area contributed by atoms with Gasteiger partial charge < -0.3 is 9.64 Å². The van der Waals surface area contributed by atoms with E-state index in [1.807, 2.05) is 32.0 Å². The van der Waals surface area contributed by atoms with E-state index in [2.05, 4.69) is 6.92 Å². The number of carbonyl (C=O) groups is 1. The number of anilines is 1. The topological polar surface area (TPSA) is 63.7 Å². The summed E-state index contributed by atoms with van der Waals surface area (Å²) in [4.78, 5) is 15.0. The molecule has 0 aliphatic carbocycles. The Morgan fingerprint density at radius 2 is 1.76 bits per heavy atom. The van der Waals surface area contributed by atoms with Crippen molar-refractivity contribution in [2.75, 3.05) is 17.3 Å². The zero-order valence-electron chi connectivity index (χ0n) is 17.1. The fourth-order valence-electron chi connectivity index (χ4n) is 3.44. The van der Waals surface area contributed by atoms with E-state index < -0.39 is 15.9 Å². The molecule has 0 spiro atoms. The zero-order valence-corrected chi connectivity index (χ0v) is 17.9. The molecule has 0 saturated carbocycles. The van der Waals surface area contributed by atoms with E-state index >= 15 is 0 Å². The molecule has 1 amide bonds. The molecule has 29 heavy (non-hydrogen) atoms. The number of aryl methyl sites for hydroxylation is 2. The highest BCUT2D eigenvalue weighted by Crippen LogP contribution is 2.27. The molecular weight excluding hydrogens is 386 g/mol. The molecule has 154 valence electrons. The predicted octanol–water partition coefficient (Wildman–Crippen LogP) is 4.44. The Balaban J connectivity index is 1.91. The molecule has 1 atom stereocenters. The molecule has 2 aromatic carbocycles. The number of benzene rings is 2. The van der Waals surface area contributed by atoms with Gasteiger partial charge in [-0.1, -0.05) is 19.4 Å². The molecule has 0 N–H and O–H groups in total. The van der Waals surface area contributed by atoms with Crippen LogP contribution in [0, 0.1) is 13.8 Å². The van der Waals surface area contributed by atoms with Crippen LogP contribution in [0.4, 0.5) is 5.69 Å². The van der Waals surface area contributed by atoms with Crippen molar-refractivity contribution in [1.29, 1.82) is 0 Å². The van der Waals surface area contributed by atoms with Crippen molar-refractivity contribution in [3.05, 3.63) is 70.6 Å². The largest absolute Gasteiger partial charge is 0.494 e. The number of hydrogen-bond acceptors (Lipinski definition) is 4. The summed E-state index contributed by atoms with van der Waals surface area (Å²) in [5.41, 5.74) is 3.22. The third-order valence-electron chi connectivity index (χ3n) is 4.81. The number of rotatable bonds is 7. The van der Waals surface area contributed by atoms with Crippen LogP contribution in [0.3, 0.4) is 0 Å². The van der Waals surface area contributed by atoms with E-state index in [-0.39, 0.29) is 11.7 Å². The van der Waals surface area contributed by atoms with E-state index in [0.29, 0.717) is 17.9 Å². The normalized spacial score (nSPS) is 17.3. The van der Waals surface area contributed by atoms with Gasteiger partial charge in [0.25, 0.3) is 5.91 Å². The Morgan fingerprint density at radius 3 is 2.31 bits per heavy atom. The summed E-state index contributed by atoms with van der Waals surface area (Å²) in [7, 11) is -3.30. The number of amides is 1. The molecule has 0 unspecified atom stereocenters. The van der Waals surface area contributed by atoms with Gasteiger partial charge in [-0.2, -0.15) is 0 Å². The lowest BCUT2D eigenvalue weighted by atomic mass is 10.1. The summed E-state index contributed by atoms with van der Waals surface area (Å²) in [6.07, 6.45) is 3.62. The third kappa shape index (κ3) is 5.26. The first-order valence-corrected chi connectivity index (χ1v) is 11.6. The summed E-state index contributed by atoms with van der Waals surface area (Å²) < 4.78 is 29.7. The summed E-state index contributed by atoms with van der Waals surface area (Å²) >= 11 is 0. The molecule has 1 aliphatic rings. The molecule has 0 fully saturated rings. The van der Waals surface area contributed by atoms with Gasteiger partial charge in [-0.25, -0.2) is 8.42 Å². The molecule has 0 aromatic heterocycles. The molecule has 1 aliphatic heterocycles. The quantitative estimate of drug-likeness (QED) is 0.630. The van der Waals surface area contributed by atoms with Gasteiger partial charge in [0.1, 0.15) is 5.75 Å². The van der Waals surface area contributed by atoms with Crippen LogP contribution in [0.25, 0.3) is 0 Å². The Kier molecular flexibility index (Phi) is 6.42. The second kappa shape index (κ2) is 8.82. The number of nitrogens with zero attached hydrogens (tertiary/aromatic N) is 1. The van der Waals surface area contributed by atoms with Crippen LogP contribution < -0.4 is 9.64 Å². The molecule has 0 bridgehead atoms. The van der Waals surface area contributed by atoms with E-state index in [1.54, 1.807) is 35.2 Å². The third-order valence-corrected chi connectivity index (χ3v) is 6.19. The number of carbonyl (C=O) groups excluding carboxylic acids is 1. The predicted molar refractivity (Wildman–Crippen MR) is 116 cm³/mol. The van der Waals surface area contributed by atoms with Crippen LogP contribution in [0.5, 0.6) is 5.75 Å². The van der Waals surface area contributed by atoms with Crippen LogP contribution >= 0.6 is 0 Å². The van der Waals surface area contributed by atoms with Crippen molar-refractivity contribution in [2.45, 2.75) is 39.7 Å². The van der Waals surface area contributed by atoms with Crippen LogP contribution in [0.15, 0.2) is 53.9 Å². The fourth-order valence-corrected chi connectivity index (χ4v) is 4.70. The highest BCUT2D eigenvalue weighted by atomic mass is 32.2. The molecule has 6 heteroatoms. The van der Waals surface area contributed by atoms with Crippen molar-refractivity contribution < 1.29 is 17.9 Å². The standard InChI is InChI=1S/C23H27NO4S/c1-4-5-11-28-22-8-6-19(7-9-22)23(25)24(20-10-12-29(26,27)16-20)21-14-17(2)13-18(3)15-21/h6-10,12-15,20H,4-5,11,16H2,1-3H3/t20-/m1/s1. The summed E-state index contributed by atoms with van der Waals surface area (Å²) in [6, 6.07) is 12.3. The van der Waals surface area contributed by atoms with Crippen molar-refractivity contribution in [3.8, 4) is 5.75 Å². The fraction of sp³-hybridized carbons (Fsp3) is 0.348. The molecule has 0 saturated heterocycles. The number of unbranched alkanes of at least 4 members (excludes halogenated alkanes) is 1. The SMILES string of the molecule is CCCCOc1ccc(C(=O)N(c2cc(C)cc(C)c2)[C@@H]2C=CS(=O)(=O)C2)cc1. The van der Waals surface area contributed by atoms with Crippen molar-refractivity contribution in [3.63, 3.8) is 0 Å². The van der Waals surface area contributed by atoms with Crippen molar-refractivity contribution >= 4 is 21.4 Å². The highest BCUT2D eigenvalue weighted by Gasteiger charge is 2.32. The number of ether oxygens (including phenoxy) is 1. The summed E-state index contributed by atoms with van der Waals surface area (Å²) in [5, 5.41) is 1.20. The maximum atomic E-state index is 13.4. The lowest BCUT2D eigenvalue weighted by molar-refractivity contribution is 0.0983. The minimum atomic E-state index is -3.30. The lowest BCUT2D eigenvalue weighted by Crippen LogP contribution is -2.41. The van der Waals surface area contributed by atoms with E-state index in [9.17, 15) is 13.2 Å². The molecule has 1 heterocycles. The molecule has 3 rings (SSSR count). The minimum absolute atomic E-state index is 0.107. The minimum Gasteiger partial charge on any atom is -0.494 e. The van der Waals surface area contributed by atoms with Crippen LogP contribution in [-0.2, 0) is 9.84 Å². The molecule has 2 aromatic rings. The smallest absolute Gasteiger partial charge is 0.258 e. The maximum absolute atomic E-state index is 13.4. The second-order valence-electron chi connectivity index (χ2n) is 7.47. The van der Waals surface area contributed by atoms with Gasteiger partial charge in [0.05, 0.1) is 18.4 Å². The van der Waals surface area contributed by atoms with Gasteiger partial charge in [-0.05, 0) is 73.9 Å². The Labute approximate surface area is 172 Å². The molecule has 5 nitrogen and oxygen atoms in total. The van der Waals surface area contributed by atoms with Crippen LogP contribution in [0.1, 0.15) is 41.3 Å². The van der Waals surface area contributed by atoms with E-state index in [1.165, 1.54) is 5.41 Å². The first-order valence-electron chi connectivity index (χ1n) is 9.85. The van der Waals surface area contributed by atoms with Gasteiger partial charge in [0.15, 0.2) is 9.84 Å². The Morgan fingerprint density at radius 1 is 1.10 bits per heavy atom. The molecular formula is C23H27NO4S.